The van der Waals surface area contributed by atoms with E-state index in [0.717, 1.165) is 26.4 Å². The summed E-state index contributed by atoms with van der Waals surface area (Å²) in [7, 11) is 2.10. The Bertz CT molecular complexity index is 1100. The first-order valence-electron chi connectivity index (χ1n) is 9.50. The van der Waals surface area contributed by atoms with Gasteiger partial charge in [-0.2, -0.15) is 13.2 Å². The molecule has 0 N–H and O–H groups in total. The monoisotopic (exact) mass is 448 g/mol. The molecule has 1 aliphatic carbocycles. The molecule has 0 radical (unpaired) electrons. The summed E-state index contributed by atoms with van der Waals surface area (Å²) in [5, 5.41) is 0. The normalized spacial score (nSPS) is 14.2. The third-order valence-corrected chi connectivity index (χ3v) is 5.14. The zero-order valence-electron chi connectivity index (χ0n) is 17.4. The number of halogens is 3. The molecule has 3 rings (SSSR count). The number of esters is 3. The summed E-state index contributed by atoms with van der Waals surface area (Å²) in [5.41, 5.74) is -3.26. The zero-order chi connectivity index (χ0) is 23.7. The van der Waals surface area contributed by atoms with Gasteiger partial charge in [0.1, 0.15) is 0 Å². The summed E-state index contributed by atoms with van der Waals surface area (Å²) < 4.78 is 55.8. The lowest BCUT2D eigenvalue weighted by Crippen LogP contribution is -2.42. The number of benzene rings is 2. The highest BCUT2D eigenvalue weighted by Crippen LogP contribution is 2.48. The Balaban J connectivity index is 2.38. The molecule has 168 valence electrons. The number of carbonyl (C=O) groups excluding carboxylic acids is 3. The van der Waals surface area contributed by atoms with Gasteiger partial charge in [0, 0.05) is 0 Å². The molecule has 0 fully saturated rings. The minimum Gasteiger partial charge on any atom is -0.468 e. The SMILES string of the molecule is CCOC(=O)c1ccc2c(c1)C(c1ccccc1C(F)(F)F)=CC2(C(=O)OC)C(=O)OC. The highest BCUT2D eigenvalue weighted by atomic mass is 19.4. The van der Waals surface area contributed by atoms with Crippen LogP contribution in [0.1, 0.15) is 39.5 Å². The lowest BCUT2D eigenvalue weighted by atomic mass is 9.82. The summed E-state index contributed by atoms with van der Waals surface area (Å²) in [6, 6.07) is 8.67. The van der Waals surface area contributed by atoms with Crippen LogP contribution in [0.25, 0.3) is 5.57 Å². The van der Waals surface area contributed by atoms with Crippen LogP contribution >= 0.6 is 0 Å². The van der Waals surface area contributed by atoms with Crippen molar-refractivity contribution >= 4 is 23.5 Å². The van der Waals surface area contributed by atoms with E-state index in [9.17, 15) is 27.6 Å². The number of rotatable bonds is 5. The number of hydrogen-bond donors (Lipinski definition) is 0. The molecule has 0 atom stereocenters. The standard InChI is InChI=1S/C23H19F3O6/c1-4-32-19(27)13-9-10-17-15(11-13)16(12-22(17,20(28)30-2)21(29)31-3)14-7-5-6-8-18(14)23(24,25)26/h5-12H,4H2,1-3H3. The maximum absolute atomic E-state index is 13.7. The van der Waals surface area contributed by atoms with E-state index in [2.05, 4.69) is 0 Å². The maximum Gasteiger partial charge on any atom is 0.417 e. The molecule has 1 aliphatic rings. The van der Waals surface area contributed by atoms with Gasteiger partial charge >= 0.3 is 24.1 Å². The molecule has 0 saturated heterocycles. The van der Waals surface area contributed by atoms with E-state index in [0.29, 0.717) is 0 Å². The van der Waals surface area contributed by atoms with Crippen LogP contribution in [0.4, 0.5) is 13.2 Å². The van der Waals surface area contributed by atoms with E-state index in [1.165, 1.54) is 36.4 Å². The van der Waals surface area contributed by atoms with E-state index in [1.54, 1.807) is 6.92 Å². The first-order valence-corrected chi connectivity index (χ1v) is 9.50. The van der Waals surface area contributed by atoms with Gasteiger partial charge in [-0.3, -0.25) is 9.59 Å². The quantitative estimate of drug-likeness (QED) is 0.392. The van der Waals surface area contributed by atoms with Crippen LogP contribution in [-0.4, -0.2) is 38.7 Å². The van der Waals surface area contributed by atoms with Crippen LogP contribution in [0, 0.1) is 0 Å². The van der Waals surface area contributed by atoms with Crippen LogP contribution < -0.4 is 0 Å². The van der Waals surface area contributed by atoms with E-state index < -0.39 is 35.1 Å². The van der Waals surface area contributed by atoms with E-state index in [4.69, 9.17) is 14.2 Å². The zero-order valence-corrected chi connectivity index (χ0v) is 17.4. The molecule has 2 aromatic carbocycles. The predicted octanol–water partition coefficient (Wildman–Crippen LogP) is 3.91. The van der Waals surface area contributed by atoms with Crippen LogP contribution in [0.15, 0.2) is 48.5 Å². The maximum atomic E-state index is 13.7. The number of carbonyl (C=O) groups is 3. The number of alkyl halides is 3. The van der Waals surface area contributed by atoms with Gasteiger partial charge in [-0.1, -0.05) is 24.3 Å². The lowest BCUT2D eigenvalue weighted by molar-refractivity contribution is -0.158. The summed E-state index contributed by atoms with van der Waals surface area (Å²) in [6.07, 6.45) is -3.62. The van der Waals surface area contributed by atoms with Gasteiger partial charge in [-0.05, 0) is 53.5 Å². The third kappa shape index (κ3) is 3.63. The second-order valence-corrected chi connectivity index (χ2v) is 6.87. The highest BCUT2D eigenvalue weighted by Gasteiger charge is 2.54. The van der Waals surface area contributed by atoms with E-state index >= 15 is 0 Å². The van der Waals surface area contributed by atoms with E-state index in [-0.39, 0.29) is 34.4 Å². The van der Waals surface area contributed by atoms with Crippen LogP contribution in [0.5, 0.6) is 0 Å². The molecule has 0 spiro atoms. The second-order valence-electron chi connectivity index (χ2n) is 6.87. The number of fused-ring (bicyclic) bond motifs is 1. The van der Waals surface area contributed by atoms with Crippen molar-refractivity contribution in [2.24, 2.45) is 0 Å². The third-order valence-electron chi connectivity index (χ3n) is 5.14. The topological polar surface area (TPSA) is 78.9 Å². The van der Waals surface area contributed by atoms with Crippen molar-refractivity contribution in [3.05, 3.63) is 76.4 Å². The molecule has 0 saturated carbocycles. The Labute approximate surface area is 181 Å². The molecule has 6 nitrogen and oxygen atoms in total. The molecular weight excluding hydrogens is 429 g/mol. The average molecular weight is 448 g/mol. The first-order chi connectivity index (χ1) is 15.1. The van der Waals surface area contributed by atoms with Crippen molar-refractivity contribution < 1.29 is 41.8 Å². The fraction of sp³-hybridized carbons (Fsp3) is 0.261. The smallest absolute Gasteiger partial charge is 0.417 e. The Morgan fingerprint density at radius 2 is 1.56 bits per heavy atom. The van der Waals surface area contributed by atoms with Crippen molar-refractivity contribution in [1.29, 1.82) is 0 Å². The molecule has 9 heteroatoms. The minimum atomic E-state index is -4.71. The molecular formula is C23H19F3O6. The van der Waals surface area contributed by atoms with Crippen LogP contribution in [-0.2, 0) is 35.4 Å². The number of methoxy groups -OCH3 is 2. The summed E-state index contributed by atoms with van der Waals surface area (Å²) in [6.45, 7) is 1.69. The molecule has 32 heavy (non-hydrogen) atoms. The lowest BCUT2D eigenvalue weighted by Gasteiger charge is -2.23. The van der Waals surface area contributed by atoms with Crippen molar-refractivity contribution in [2.45, 2.75) is 18.5 Å². The van der Waals surface area contributed by atoms with Crippen molar-refractivity contribution in [3.63, 3.8) is 0 Å². The van der Waals surface area contributed by atoms with Crippen molar-refractivity contribution in [2.75, 3.05) is 20.8 Å². The average Bonchev–Trinajstić information content (AvgIpc) is 3.13. The molecule has 0 heterocycles. The minimum absolute atomic E-state index is 0.0382. The molecule has 0 bridgehead atoms. The second kappa shape index (κ2) is 8.49. The van der Waals surface area contributed by atoms with Gasteiger partial charge in [0.2, 0.25) is 5.41 Å². The Morgan fingerprint density at radius 3 is 2.12 bits per heavy atom. The molecule has 2 aromatic rings. The van der Waals surface area contributed by atoms with Gasteiger partial charge in [-0.25, -0.2) is 4.79 Å². The Morgan fingerprint density at radius 1 is 0.938 bits per heavy atom. The van der Waals surface area contributed by atoms with E-state index in [1.807, 2.05) is 0 Å². The van der Waals surface area contributed by atoms with Crippen LogP contribution in [0.2, 0.25) is 0 Å². The highest BCUT2D eigenvalue weighted by molar-refractivity contribution is 6.15. The van der Waals surface area contributed by atoms with Crippen molar-refractivity contribution in [1.82, 2.24) is 0 Å². The van der Waals surface area contributed by atoms with Gasteiger partial charge < -0.3 is 14.2 Å². The molecule has 0 amide bonds. The van der Waals surface area contributed by atoms with Gasteiger partial charge in [0.25, 0.3) is 0 Å². The summed E-state index contributed by atoms with van der Waals surface area (Å²) in [4.78, 5) is 37.8. The van der Waals surface area contributed by atoms with Crippen molar-refractivity contribution in [3.8, 4) is 0 Å². The predicted molar refractivity (Wildman–Crippen MR) is 107 cm³/mol. The number of hydrogen-bond acceptors (Lipinski definition) is 6. The van der Waals surface area contributed by atoms with Gasteiger partial charge in [0.05, 0.1) is 32.0 Å². The molecule has 0 aliphatic heterocycles. The summed E-state index contributed by atoms with van der Waals surface area (Å²) in [5.74, 6) is -2.77. The largest absolute Gasteiger partial charge is 0.468 e. The van der Waals surface area contributed by atoms with Crippen LogP contribution in [0.3, 0.4) is 0 Å². The Kier molecular flexibility index (Phi) is 6.11. The molecule has 0 unspecified atom stereocenters. The summed E-state index contributed by atoms with van der Waals surface area (Å²) >= 11 is 0. The number of ether oxygens (including phenoxy) is 3. The first kappa shape index (κ1) is 23.1. The van der Waals surface area contributed by atoms with Gasteiger partial charge in [-0.15, -0.1) is 0 Å². The fourth-order valence-corrected chi connectivity index (χ4v) is 3.76. The fourth-order valence-electron chi connectivity index (χ4n) is 3.76. The molecule has 0 aromatic heterocycles. The van der Waals surface area contributed by atoms with Gasteiger partial charge in [0.15, 0.2) is 0 Å². The Hall–Kier alpha value is -3.62.